The molecule has 32 heavy (non-hydrogen) atoms. The average Bonchev–Trinajstić information content (AvgIpc) is 3.31. The van der Waals surface area contributed by atoms with Gasteiger partial charge in [0.2, 0.25) is 11.8 Å². The molecule has 5 rings (SSSR count). The number of carbonyl (C=O) groups is 3. The monoisotopic (exact) mass is 431 g/mol. The maximum absolute atomic E-state index is 13.6. The van der Waals surface area contributed by atoms with Crippen molar-refractivity contribution in [1.29, 1.82) is 0 Å². The van der Waals surface area contributed by atoms with Gasteiger partial charge in [-0.15, -0.1) is 0 Å². The number of allylic oxidation sites excluding steroid dienone is 1. The minimum atomic E-state index is -0.893. The van der Waals surface area contributed by atoms with E-state index < -0.39 is 29.8 Å². The summed E-state index contributed by atoms with van der Waals surface area (Å²) < 4.78 is 10.5. The van der Waals surface area contributed by atoms with E-state index in [9.17, 15) is 14.4 Å². The Kier molecular flexibility index (Phi) is 4.77. The van der Waals surface area contributed by atoms with Crippen LogP contribution in [0.5, 0.6) is 11.5 Å². The van der Waals surface area contributed by atoms with Crippen LogP contribution in [-0.2, 0) is 9.59 Å². The van der Waals surface area contributed by atoms with Crippen LogP contribution in [0.3, 0.4) is 0 Å². The van der Waals surface area contributed by atoms with Crippen molar-refractivity contribution in [2.24, 2.45) is 16.9 Å². The van der Waals surface area contributed by atoms with E-state index in [-0.39, 0.29) is 11.7 Å². The van der Waals surface area contributed by atoms with Crippen molar-refractivity contribution in [3.63, 3.8) is 0 Å². The highest BCUT2D eigenvalue weighted by Gasteiger charge is 2.64. The lowest BCUT2D eigenvalue weighted by Gasteiger charge is -2.30. The molecule has 0 aromatic heterocycles. The van der Waals surface area contributed by atoms with E-state index in [1.54, 1.807) is 72.9 Å². The zero-order valence-electron chi connectivity index (χ0n) is 17.5. The molecule has 2 amide bonds. The smallest absolute Gasteiger partial charge is 0.240 e. The standard InChI is InChI=1S/C24H21N3O5/c1-31-15-11-9-14(10-12-15)22(28)21-20-19(17-7-5-13-25-27(17)21)23(29)26(24(20)30)16-6-3-4-8-18(16)32-2/h3-13,17,19-21H,1-2H3/t17-,19-,20+,21-/m1/s1. The van der Waals surface area contributed by atoms with Gasteiger partial charge in [0, 0.05) is 11.8 Å². The minimum absolute atomic E-state index is 0.263. The number of Topliss-reactive ketones (excluding diaryl/α,β-unsaturated/α-hetero) is 1. The number of benzene rings is 2. The number of methoxy groups -OCH3 is 2. The van der Waals surface area contributed by atoms with E-state index in [1.165, 1.54) is 7.11 Å². The summed E-state index contributed by atoms with van der Waals surface area (Å²) in [7, 11) is 3.04. The number of carbonyl (C=O) groups excluding carboxylic acids is 3. The van der Waals surface area contributed by atoms with Crippen LogP contribution >= 0.6 is 0 Å². The molecule has 0 saturated carbocycles. The SMILES string of the molecule is COc1ccc(C(=O)[C@H]2[C@H]3C(=O)N(c4ccccc4OC)C(=O)[C@@H]3[C@H]3C=CC=NN32)cc1. The number of amides is 2. The first-order valence-electron chi connectivity index (χ1n) is 10.2. The van der Waals surface area contributed by atoms with E-state index in [4.69, 9.17) is 9.47 Å². The molecule has 0 spiro atoms. The number of hydrogen-bond acceptors (Lipinski definition) is 7. The molecule has 2 saturated heterocycles. The second-order valence-corrected chi connectivity index (χ2v) is 7.79. The van der Waals surface area contributed by atoms with Crippen LogP contribution in [0.15, 0.2) is 65.8 Å². The van der Waals surface area contributed by atoms with Gasteiger partial charge in [-0.05, 0) is 42.5 Å². The fourth-order valence-corrected chi connectivity index (χ4v) is 4.82. The van der Waals surface area contributed by atoms with Crippen molar-refractivity contribution in [3.05, 3.63) is 66.2 Å². The second kappa shape index (κ2) is 7.64. The molecule has 4 atom stereocenters. The topological polar surface area (TPSA) is 88.5 Å². The normalized spacial score (nSPS) is 25.7. The lowest BCUT2D eigenvalue weighted by Crippen LogP contribution is -2.46. The fraction of sp³-hybridized carbons (Fsp3) is 0.250. The largest absolute Gasteiger partial charge is 0.497 e. The number of ether oxygens (including phenoxy) is 2. The minimum Gasteiger partial charge on any atom is -0.497 e. The number of para-hydroxylation sites is 2. The summed E-state index contributed by atoms with van der Waals surface area (Å²) in [5, 5.41) is 5.96. The fourth-order valence-electron chi connectivity index (χ4n) is 4.82. The highest BCUT2D eigenvalue weighted by molar-refractivity contribution is 6.25. The molecule has 8 nitrogen and oxygen atoms in total. The van der Waals surface area contributed by atoms with Crippen LogP contribution < -0.4 is 14.4 Å². The summed E-state index contributed by atoms with van der Waals surface area (Å²) in [6, 6.07) is 12.2. The zero-order valence-corrected chi connectivity index (χ0v) is 17.5. The Morgan fingerprint density at radius 2 is 1.66 bits per heavy atom. The number of hydrogen-bond donors (Lipinski definition) is 0. The number of rotatable bonds is 5. The number of nitrogens with zero attached hydrogens (tertiary/aromatic N) is 3. The van der Waals surface area contributed by atoms with Crippen LogP contribution in [0.2, 0.25) is 0 Å². The summed E-state index contributed by atoms with van der Waals surface area (Å²) >= 11 is 0. The second-order valence-electron chi connectivity index (χ2n) is 7.79. The molecule has 3 heterocycles. The number of fused-ring (bicyclic) bond motifs is 3. The Bertz CT molecular complexity index is 1160. The van der Waals surface area contributed by atoms with Gasteiger partial charge < -0.3 is 9.47 Å². The molecular weight excluding hydrogens is 410 g/mol. The molecule has 0 N–H and O–H groups in total. The van der Waals surface area contributed by atoms with Crippen LogP contribution in [0.1, 0.15) is 10.4 Å². The van der Waals surface area contributed by atoms with Crippen LogP contribution in [0.4, 0.5) is 5.69 Å². The number of hydrazone groups is 1. The Labute approximate surface area is 184 Å². The van der Waals surface area contributed by atoms with Crippen LogP contribution in [0, 0.1) is 11.8 Å². The predicted molar refractivity (Wildman–Crippen MR) is 117 cm³/mol. The van der Waals surface area contributed by atoms with Crippen molar-refractivity contribution >= 4 is 29.5 Å². The number of ketones is 1. The van der Waals surface area contributed by atoms with Crippen molar-refractivity contribution in [3.8, 4) is 11.5 Å². The highest BCUT2D eigenvalue weighted by atomic mass is 16.5. The lowest BCUT2D eigenvalue weighted by molar-refractivity contribution is -0.123. The van der Waals surface area contributed by atoms with Crippen LogP contribution in [0.25, 0.3) is 0 Å². The number of imide groups is 1. The third kappa shape index (κ3) is 2.83. The average molecular weight is 431 g/mol. The van der Waals surface area contributed by atoms with E-state index >= 15 is 0 Å². The molecule has 2 fully saturated rings. The van der Waals surface area contributed by atoms with Gasteiger partial charge in [0.25, 0.3) is 0 Å². The number of anilines is 1. The third-order valence-electron chi connectivity index (χ3n) is 6.26. The molecule has 162 valence electrons. The summed E-state index contributed by atoms with van der Waals surface area (Å²) in [6.07, 6.45) is 5.13. The van der Waals surface area contributed by atoms with Crippen molar-refractivity contribution in [1.82, 2.24) is 5.01 Å². The van der Waals surface area contributed by atoms with Gasteiger partial charge in [0.1, 0.15) is 17.5 Å². The summed E-state index contributed by atoms with van der Waals surface area (Å²) in [5.41, 5.74) is 0.806. The molecule has 0 unspecified atom stereocenters. The summed E-state index contributed by atoms with van der Waals surface area (Å²) in [6.45, 7) is 0. The molecule has 2 aromatic rings. The molecule has 8 heteroatoms. The zero-order chi connectivity index (χ0) is 22.4. The van der Waals surface area contributed by atoms with E-state index in [1.807, 2.05) is 6.08 Å². The maximum atomic E-state index is 13.6. The van der Waals surface area contributed by atoms with Gasteiger partial charge in [0.05, 0.1) is 37.8 Å². The van der Waals surface area contributed by atoms with Crippen molar-refractivity contribution in [2.75, 3.05) is 19.1 Å². The summed E-state index contributed by atoms with van der Waals surface area (Å²) in [5.74, 6) is -1.57. The first kappa shape index (κ1) is 20.0. The quantitative estimate of drug-likeness (QED) is 0.533. The van der Waals surface area contributed by atoms with E-state index in [0.29, 0.717) is 22.7 Å². The summed E-state index contributed by atoms with van der Waals surface area (Å²) in [4.78, 5) is 41.9. The van der Waals surface area contributed by atoms with Gasteiger partial charge in [-0.1, -0.05) is 18.2 Å². The van der Waals surface area contributed by atoms with Gasteiger partial charge in [-0.3, -0.25) is 19.4 Å². The van der Waals surface area contributed by atoms with Gasteiger partial charge >= 0.3 is 0 Å². The molecule has 3 aliphatic rings. The van der Waals surface area contributed by atoms with Crippen molar-refractivity contribution in [2.45, 2.75) is 12.1 Å². The third-order valence-corrected chi connectivity index (χ3v) is 6.26. The molecular formula is C24H21N3O5. The molecule has 3 aliphatic heterocycles. The van der Waals surface area contributed by atoms with E-state index in [2.05, 4.69) is 5.10 Å². The molecule has 0 radical (unpaired) electrons. The van der Waals surface area contributed by atoms with Crippen LogP contribution in [-0.4, -0.2) is 55.1 Å². The Balaban J connectivity index is 1.57. The first-order chi connectivity index (χ1) is 15.6. The molecule has 0 aliphatic carbocycles. The van der Waals surface area contributed by atoms with Gasteiger partial charge in [0.15, 0.2) is 5.78 Å². The maximum Gasteiger partial charge on any atom is 0.240 e. The van der Waals surface area contributed by atoms with Gasteiger partial charge in [-0.25, -0.2) is 4.90 Å². The lowest BCUT2D eigenvalue weighted by atomic mass is 9.86. The Morgan fingerprint density at radius 3 is 2.38 bits per heavy atom. The molecule has 2 aromatic carbocycles. The first-order valence-corrected chi connectivity index (χ1v) is 10.2. The van der Waals surface area contributed by atoms with Gasteiger partial charge in [-0.2, -0.15) is 5.10 Å². The van der Waals surface area contributed by atoms with Crippen molar-refractivity contribution < 1.29 is 23.9 Å². The molecule has 0 bridgehead atoms. The van der Waals surface area contributed by atoms with E-state index in [0.717, 1.165) is 4.90 Å². The predicted octanol–water partition coefficient (Wildman–Crippen LogP) is 2.30. The highest BCUT2D eigenvalue weighted by Crippen LogP contribution is 2.47. The Morgan fingerprint density at radius 1 is 0.938 bits per heavy atom. The Hall–Kier alpha value is -3.94.